The average Bonchev–Trinajstić information content (AvgIpc) is 2.30. The fourth-order valence-electron chi connectivity index (χ4n) is 1.57. The zero-order chi connectivity index (χ0) is 7.84. The number of nitrogens with zero attached hydrogens (tertiary/aromatic N) is 1. The molecule has 0 aromatic heterocycles. The van der Waals surface area contributed by atoms with E-state index in [9.17, 15) is 0 Å². The molecular weight excluding hydrogens is 207 g/mol. The van der Waals surface area contributed by atoms with E-state index in [-0.39, 0.29) is 31.0 Å². The van der Waals surface area contributed by atoms with Crippen molar-refractivity contribution in [2.45, 2.75) is 12.7 Å². The van der Waals surface area contributed by atoms with Crippen molar-refractivity contribution in [3.05, 3.63) is 35.4 Å². The minimum atomic E-state index is 0. The first-order valence-electron chi connectivity index (χ1n) is 3.82. The van der Waals surface area contributed by atoms with Gasteiger partial charge in [0.2, 0.25) is 0 Å². The van der Waals surface area contributed by atoms with E-state index in [1.54, 1.807) is 0 Å². The van der Waals surface area contributed by atoms with E-state index >= 15 is 0 Å². The maximum Gasteiger partial charge on any atom is 0.0839 e. The van der Waals surface area contributed by atoms with Gasteiger partial charge in [0, 0.05) is 6.54 Å². The van der Waals surface area contributed by atoms with Gasteiger partial charge in [-0.25, -0.2) is 0 Å². The molecule has 0 saturated heterocycles. The highest BCUT2D eigenvalue weighted by molar-refractivity contribution is 5.85. The van der Waals surface area contributed by atoms with Gasteiger partial charge < -0.3 is 5.73 Å². The molecule has 0 radical (unpaired) electrons. The number of hydrogen-bond acceptors (Lipinski definition) is 2. The lowest BCUT2D eigenvalue weighted by molar-refractivity contribution is 0.275. The summed E-state index contributed by atoms with van der Waals surface area (Å²) in [4.78, 5) is 2.14. The van der Waals surface area contributed by atoms with Crippen LogP contribution in [0.2, 0.25) is 0 Å². The fraction of sp³-hybridized carbons (Fsp3) is 0.333. The Morgan fingerprint density at radius 2 is 1.92 bits per heavy atom. The lowest BCUT2D eigenvalue weighted by atomic mass is 10.1. The molecule has 1 heterocycles. The van der Waals surface area contributed by atoms with E-state index in [4.69, 9.17) is 5.73 Å². The van der Waals surface area contributed by atoms with Crippen LogP contribution >= 0.6 is 24.8 Å². The van der Waals surface area contributed by atoms with Gasteiger partial charge in [0.1, 0.15) is 0 Å². The Labute approximate surface area is 90.9 Å². The molecule has 74 valence electrons. The SMILES string of the molecule is CN1Cc2ccccc2C1N.Cl.Cl. The van der Waals surface area contributed by atoms with Crippen LogP contribution < -0.4 is 5.73 Å². The van der Waals surface area contributed by atoms with Crippen LogP contribution in [-0.2, 0) is 6.54 Å². The molecule has 0 aliphatic carbocycles. The molecule has 0 saturated carbocycles. The van der Waals surface area contributed by atoms with Crippen LogP contribution in [0.5, 0.6) is 0 Å². The molecule has 1 aromatic carbocycles. The van der Waals surface area contributed by atoms with Gasteiger partial charge in [0.05, 0.1) is 6.17 Å². The Hall–Kier alpha value is -0.280. The fourth-order valence-corrected chi connectivity index (χ4v) is 1.57. The normalized spacial score (nSPS) is 20.0. The number of fused-ring (bicyclic) bond motifs is 1. The third kappa shape index (κ3) is 2.15. The van der Waals surface area contributed by atoms with Crippen LogP contribution in [0.1, 0.15) is 17.3 Å². The number of hydrogen-bond donors (Lipinski definition) is 1. The Bertz CT molecular complexity index is 278. The summed E-state index contributed by atoms with van der Waals surface area (Å²) in [6.07, 6.45) is 0.103. The van der Waals surface area contributed by atoms with Gasteiger partial charge in [0.25, 0.3) is 0 Å². The number of halogens is 2. The van der Waals surface area contributed by atoms with Gasteiger partial charge in [0.15, 0.2) is 0 Å². The number of benzene rings is 1. The zero-order valence-corrected chi connectivity index (χ0v) is 9.07. The molecular formula is C9H14Cl2N2. The van der Waals surface area contributed by atoms with E-state index in [1.807, 2.05) is 13.1 Å². The van der Waals surface area contributed by atoms with E-state index in [1.165, 1.54) is 11.1 Å². The average molecular weight is 221 g/mol. The van der Waals surface area contributed by atoms with Gasteiger partial charge in [-0.2, -0.15) is 0 Å². The van der Waals surface area contributed by atoms with E-state index in [0.29, 0.717) is 0 Å². The minimum Gasteiger partial charge on any atom is -0.312 e. The van der Waals surface area contributed by atoms with Crippen LogP contribution in [0.4, 0.5) is 0 Å². The number of nitrogens with two attached hydrogens (primary N) is 1. The predicted molar refractivity (Wildman–Crippen MR) is 59.3 cm³/mol. The molecule has 13 heavy (non-hydrogen) atoms. The van der Waals surface area contributed by atoms with E-state index < -0.39 is 0 Å². The first kappa shape index (κ1) is 12.7. The van der Waals surface area contributed by atoms with Crippen molar-refractivity contribution >= 4 is 24.8 Å². The highest BCUT2D eigenvalue weighted by Crippen LogP contribution is 2.27. The molecule has 1 aliphatic rings. The molecule has 2 nitrogen and oxygen atoms in total. The minimum absolute atomic E-state index is 0. The van der Waals surface area contributed by atoms with Crippen molar-refractivity contribution in [2.24, 2.45) is 5.73 Å². The monoisotopic (exact) mass is 220 g/mol. The third-order valence-electron chi connectivity index (χ3n) is 2.27. The van der Waals surface area contributed by atoms with Crippen LogP contribution in [0.25, 0.3) is 0 Å². The van der Waals surface area contributed by atoms with Crippen molar-refractivity contribution in [3.8, 4) is 0 Å². The van der Waals surface area contributed by atoms with Crippen LogP contribution in [0.3, 0.4) is 0 Å². The summed E-state index contributed by atoms with van der Waals surface area (Å²) in [5.41, 5.74) is 8.55. The second-order valence-corrected chi connectivity index (χ2v) is 3.06. The lowest BCUT2D eigenvalue weighted by Gasteiger charge is -2.13. The summed E-state index contributed by atoms with van der Waals surface area (Å²) < 4.78 is 0. The molecule has 0 bridgehead atoms. The smallest absolute Gasteiger partial charge is 0.0839 e. The summed E-state index contributed by atoms with van der Waals surface area (Å²) in [7, 11) is 2.05. The van der Waals surface area contributed by atoms with Crippen molar-refractivity contribution in [1.82, 2.24) is 4.90 Å². The highest BCUT2D eigenvalue weighted by atomic mass is 35.5. The quantitative estimate of drug-likeness (QED) is 0.725. The van der Waals surface area contributed by atoms with Gasteiger partial charge in [-0.05, 0) is 18.2 Å². The van der Waals surface area contributed by atoms with Crippen molar-refractivity contribution < 1.29 is 0 Å². The molecule has 2 rings (SSSR count). The lowest BCUT2D eigenvalue weighted by Crippen LogP contribution is -2.23. The molecule has 1 unspecified atom stereocenters. The standard InChI is InChI=1S/C9H12N2.2ClH/c1-11-6-7-4-2-3-5-8(7)9(11)10;;/h2-5,9H,6,10H2,1H3;2*1H. The van der Waals surface area contributed by atoms with Gasteiger partial charge in [-0.3, -0.25) is 4.90 Å². The first-order chi connectivity index (χ1) is 5.29. The van der Waals surface area contributed by atoms with Gasteiger partial charge in [-0.15, -0.1) is 24.8 Å². The van der Waals surface area contributed by atoms with E-state index in [0.717, 1.165) is 6.54 Å². The topological polar surface area (TPSA) is 29.3 Å². The third-order valence-corrected chi connectivity index (χ3v) is 2.27. The number of rotatable bonds is 0. The molecule has 0 amide bonds. The highest BCUT2D eigenvalue weighted by Gasteiger charge is 2.22. The second-order valence-electron chi connectivity index (χ2n) is 3.06. The maximum absolute atomic E-state index is 5.92. The molecule has 1 aromatic rings. The Morgan fingerprint density at radius 1 is 1.31 bits per heavy atom. The predicted octanol–water partition coefficient (Wildman–Crippen LogP) is 1.93. The maximum atomic E-state index is 5.92. The molecule has 1 aliphatic heterocycles. The van der Waals surface area contributed by atoms with Gasteiger partial charge in [-0.1, -0.05) is 24.3 Å². The Morgan fingerprint density at radius 3 is 2.54 bits per heavy atom. The summed E-state index contributed by atoms with van der Waals surface area (Å²) >= 11 is 0. The first-order valence-corrected chi connectivity index (χ1v) is 3.82. The van der Waals surface area contributed by atoms with Crippen molar-refractivity contribution in [1.29, 1.82) is 0 Å². The second kappa shape index (κ2) is 4.82. The summed E-state index contributed by atoms with van der Waals surface area (Å²) in [6.45, 7) is 0.983. The van der Waals surface area contributed by atoms with Crippen molar-refractivity contribution in [2.75, 3.05) is 7.05 Å². The van der Waals surface area contributed by atoms with Crippen LogP contribution in [0, 0.1) is 0 Å². The van der Waals surface area contributed by atoms with E-state index in [2.05, 4.69) is 23.1 Å². The summed E-state index contributed by atoms with van der Waals surface area (Å²) in [5, 5.41) is 0. The zero-order valence-electron chi connectivity index (χ0n) is 7.43. The molecule has 0 spiro atoms. The summed E-state index contributed by atoms with van der Waals surface area (Å²) in [6, 6.07) is 8.34. The van der Waals surface area contributed by atoms with Gasteiger partial charge >= 0.3 is 0 Å². The van der Waals surface area contributed by atoms with Crippen LogP contribution in [-0.4, -0.2) is 11.9 Å². The molecule has 1 atom stereocenters. The summed E-state index contributed by atoms with van der Waals surface area (Å²) in [5.74, 6) is 0. The molecule has 2 N–H and O–H groups in total. The van der Waals surface area contributed by atoms with Crippen LogP contribution in [0.15, 0.2) is 24.3 Å². The Balaban J connectivity index is 0.000000720. The largest absolute Gasteiger partial charge is 0.312 e. The Kier molecular flexibility index (Phi) is 4.71. The van der Waals surface area contributed by atoms with Crippen molar-refractivity contribution in [3.63, 3.8) is 0 Å². The molecule has 4 heteroatoms. The molecule has 0 fully saturated rings.